The molecule has 0 spiro atoms. The summed E-state index contributed by atoms with van der Waals surface area (Å²) in [5.41, 5.74) is 1.79. The third-order valence-electron chi connectivity index (χ3n) is 3.79. The van der Waals surface area contributed by atoms with Gasteiger partial charge in [-0.05, 0) is 24.6 Å². The zero-order valence-electron chi connectivity index (χ0n) is 13.9. The smallest absolute Gasteiger partial charge is 0.267 e. The number of benzene rings is 1. The number of carbonyl (C=O) groups excluding carboxylic acids is 1. The van der Waals surface area contributed by atoms with Crippen molar-refractivity contribution in [2.45, 2.75) is 18.4 Å². The highest BCUT2D eigenvalue weighted by atomic mass is 32.2. The van der Waals surface area contributed by atoms with Crippen LogP contribution in [0.4, 0.5) is 0 Å². The number of aromatic nitrogens is 3. The first-order chi connectivity index (χ1) is 11.9. The van der Waals surface area contributed by atoms with Gasteiger partial charge in [-0.3, -0.25) is 9.48 Å². The van der Waals surface area contributed by atoms with E-state index >= 15 is 0 Å². The molecule has 3 rings (SSSR count). The van der Waals surface area contributed by atoms with Gasteiger partial charge in [0.15, 0.2) is 0 Å². The molecule has 25 heavy (non-hydrogen) atoms. The molecular formula is C17H18N4O3S. The van der Waals surface area contributed by atoms with Crippen molar-refractivity contribution >= 4 is 15.9 Å². The molecule has 0 fully saturated rings. The molecule has 0 radical (unpaired) electrons. The Morgan fingerprint density at radius 2 is 1.96 bits per heavy atom. The molecule has 0 aliphatic heterocycles. The Kier molecular flexibility index (Phi) is 4.45. The standard InChI is InChI=1S/C17H18N4O3S/c1-13-5-3-4-6-16(13)25(23,24)21-8-7-15(12-21)17(22)18-9-14-10-19-20(2)11-14/h3-8,10-12H,9H2,1-2H3,(H,18,22). The number of aryl methyl sites for hydroxylation is 2. The Morgan fingerprint density at radius 1 is 1.20 bits per heavy atom. The van der Waals surface area contributed by atoms with E-state index in [1.54, 1.807) is 55.3 Å². The van der Waals surface area contributed by atoms with Crippen LogP contribution in [0.15, 0.2) is 60.0 Å². The molecule has 0 aliphatic rings. The van der Waals surface area contributed by atoms with Crippen molar-refractivity contribution < 1.29 is 13.2 Å². The van der Waals surface area contributed by atoms with Gasteiger partial charge >= 0.3 is 0 Å². The molecule has 130 valence electrons. The lowest BCUT2D eigenvalue weighted by molar-refractivity contribution is 0.0951. The minimum absolute atomic E-state index is 0.216. The van der Waals surface area contributed by atoms with Crippen LogP contribution in [0.25, 0.3) is 0 Å². The number of hydrogen-bond acceptors (Lipinski definition) is 4. The van der Waals surface area contributed by atoms with E-state index in [0.717, 1.165) is 9.54 Å². The maximum Gasteiger partial charge on any atom is 0.267 e. The van der Waals surface area contributed by atoms with Crippen LogP contribution in [-0.4, -0.2) is 28.1 Å². The third kappa shape index (κ3) is 3.48. The first-order valence-electron chi connectivity index (χ1n) is 7.63. The van der Waals surface area contributed by atoms with Crippen molar-refractivity contribution in [2.24, 2.45) is 7.05 Å². The van der Waals surface area contributed by atoms with Crippen molar-refractivity contribution in [1.29, 1.82) is 0 Å². The van der Waals surface area contributed by atoms with Gasteiger partial charge < -0.3 is 5.32 Å². The summed E-state index contributed by atoms with van der Waals surface area (Å²) in [5, 5.41) is 6.77. The van der Waals surface area contributed by atoms with Crippen LogP contribution in [0.1, 0.15) is 21.5 Å². The van der Waals surface area contributed by atoms with E-state index in [4.69, 9.17) is 0 Å². The maximum absolute atomic E-state index is 12.7. The number of nitrogens with one attached hydrogen (secondary N) is 1. The van der Waals surface area contributed by atoms with E-state index in [1.807, 2.05) is 0 Å². The zero-order chi connectivity index (χ0) is 18.0. The molecule has 0 unspecified atom stereocenters. The summed E-state index contributed by atoms with van der Waals surface area (Å²) in [6.07, 6.45) is 6.16. The first kappa shape index (κ1) is 17.0. The fourth-order valence-corrected chi connectivity index (χ4v) is 3.89. The minimum atomic E-state index is -3.72. The lowest BCUT2D eigenvalue weighted by Gasteiger charge is -2.08. The van der Waals surface area contributed by atoms with Crippen molar-refractivity contribution in [3.63, 3.8) is 0 Å². The minimum Gasteiger partial charge on any atom is -0.348 e. The summed E-state index contributed by atoms with van der Waals surface area (Å²) in [7, 11) is -1.93. The molecule has 1 aromatic carbocycles. The average Bonchev–Trinajstić information content (AvgIpc) is 3.22. The molecule has 1 amide bonds. The van der Waals surface area contributed by atoms with Crippen LogP contribution in [0, 0.1) is 6.92 Å². The summed E-state index contributed by atoms with van der Waals surface area (Å²) >= 11 is 0. The van der Waals surface area contributed by atoms with Gasteiger partial charge in [0.05, 0.1) is 16.7 Å². The monoisotopic (exact) mass is 358 g/mol. The van der Waals surface area contributed by atoms with Gasteiger partial charge in [-0.15, -0.1) is 0 Å². The number of rotatable bonds is 5. The molecular weight excluding hydrogens is 340 g/mol. The van der Waals surface area contributed by atoms with Gasteiger partial charge in [-0.25, -0.2) is 12.4 Å². The van der Waals surface area contributed by atoms with Crippen molar-refractivity contribution in [1.82, 2.24) is 19.1 Å². The van der Waals surface area contributed by atoms with Crippen LogP contribution < -0.4 is 5.32 Å². The molecule has 1 N–H and O–H groups in total. The fraction of sp³-hybridized carbons (Fsp3) is 0.176. The van der Waals surface area contributed by atoms with E-state index < -0.39 is 10.0 Å². The predicted octanol–water partition coefficient (Wildman–Crippen LogP) is 1.70. The van der Waals surface area contributed by atoms with E-state index in [9.17, 15) is 13.2 Å². The number of amides is 1. The maximum atomic E-state index is 12.7. The molecule has 0 saturated carbocycles. The van der Waals surface area contributed by atoms with E-state index in [1.165, 1.54) is 18.5 Å². The average molecular weight is 358 g/mol. The van der Waals surface area contributed by atoms with Crippen LogP contribution >= 0.6 is 0 Å². The highest BCUT2D eigenvalue weighted by Gasteiger charge is 2.20. The van der Waals surface area contributed by atoms with Gasteiger partial charge in [0.2, 0.25) is 0 Å². The molecule has 2 heterocycles. The molecule has 7 nitrogen and oxygen atoms in total. The lowest BCUT2D eigenvalue weighted by Crippen LogP contribution is -2.22. The van der Waals surface area contributed by atoms with E-state index in [-0.39, 0.29) is 16.4 Å². The molecule has 0 aliphatic carbocycles. The molecule has 2 aromatic heterocycles. The second kappa shape index (κ2) is 6.56. The Bertz CT molecular complexity index is 1020. The Balaban J connectivity index is 1.77. The summed E-state index contributed by atoms with van der Waals surface area (Å²) in [6.45, 7) is 2.06. The Hall–Kier alpha value is -2.87. The van der Waals surface area contributed by atoms with Gasteiger partial charge in [0, 0.05) is 37.7 Å². The van der Waals surface area contributed by atoms with Gasteiger partial charge in [-0.1, -0.05) is 18.2 Å². The molecule has 3 aromatic rings. The highest BCUT2D eigenvalue weighted by Crippen LogP contribution is 2.18. The number of carbonyl (C=O) groups is 1. The summed E-state index contributed by atoms with van der Waals surface area (Å²) < 4.78 is 28.1. The number of hydrogen-bond donors (Lipinski definition) is 1. The van der Waals surface area contributed by atoms with Gasteiger partial charge in [0.25, 0.3) is 15.9 Å². The summed E-state index contributed by atoms with van der Waals surface area (Å²) in [6, 6.07) is 8.21. The van der Waals surface area contributed by atoms with Crippen LogP contribution in [-0.2, 0) is 23.6 Å². The van der Waals surface area contributed by atoms with Gasteiger partial charge in [0.1, 0.15) is 0 Å². The van der Waals surface area contributed by atoms with Crippen LogP contribution in [0.5, 0.6) is 0 Å². The molecule has 8 heteroatoms. The van der Waals surface area contributed by atoms with Crippen molar-refractivity contribution in [3.8, 4) is 0 Å². The number of nitrogens with zero attached hydrogens (tertiary/aromatic N) is 3. The van der Waals surface area contributed by atoms with E-state index in [2.05, 4.69) is 10.4 Å². The van der Waals surface area contributed by atoms with Crippen LogP contribution in [0.2, 0.25) is 0 Å². The summed E-state index contributed by atoms with van der Waals surface area (Å²) in [5.74, 6) is -0.345. The normalized spacial score (nSPS) is 11.4. The molecule has 0 saturated heterocycles. The van der Waals surface area contributed by atoms with E-state index in [0.29, 0.717) is 12.1 Å². The lowest BCUT2D eigenvalue weighted by atomic mass is 10.2. The van der Waals surface area contributed by atoms with Crippen molar-refractivity contribution in [2.75, 3.05) is 0 Å². The topological polar surface area (TPSA) is 86.0 Å². The largest absolute Gasteiger partial charge is 0.348 e. The van der Waals surface area contributed by atoms with Crippen molar-refractivity contribution in [3.05, 3.63) is 71.8 Å². The zero-order valence-corrected chi connectivity index (χ0v) is 14.7. The van der Waals surface area contributed by atoms with Crippen LogP contribution in [0.3, 0.4) is 0 Å². The first-order valence-corrected chi connectivity index (χ1v) is 9.07. The highest BCUT2D eigenvalue weighted by molar-refractivity contribution is 7.90. The fourth-order valence-electron chi connectivity index (χ4n) is 2.47. The third-order valence-corrected chi connectivity index (χ3v) is 5.59. The Morgan fingerprint density at radius 3 is 2.64 bits per heavy atom. The Labute approximate surface area is 146 Å². The predicted molar refractivity (Wildman–Crippen MR) is 92.6 cm³/mol. The SMILES string of the molecule is Cc1ccccc1S(=O)(=O)n1ccc(C(=O)NCc2cnn(C)c2)c1. The second-order valence-electron chi connectivity index (χ2n) is 5.71. The second-order valence-corrected chi connectivity index (χ2v) is 7.52. The molecule has 0 atom stereocenters. The quantitative estimate of drug-likeness (QED) is 0.752. The molecule has 0 bridgehead atoms. The van der Waals surface area contributed by atoms with Gasteiger partial charge in [-0.2, -0.15) is 5.10 Å². The summed E-state index contributed by atoms with van der Waals surface area (Å²) in [4.78, 5) is 12.4.